The van der Waals surface area contributed by atoms with Gasteiger partial charge in [-0.15, -0.1) is 0 Å². The number of oxazole rings is 1. The molecular weight excluding hydrogens is 204 g/mol. The van der Waals surface area contributed by atoms with E-state index < -0.39 is 0 Å². The van der Waals surface area contributed by atoms with Crippen molar-refractivity contribution in [1.29, 1.82) is 0 Å². The van der Waals surface area contributed by atoms with E-state index in [1.165, 1.54) is 6.42 Å². The van der Waals surface area contributed by atoms with E-state index >= 15 is 0 Å². The summed E-state index contributed by atoms with van der Waals surface area (Å²) in [6.07, 6.45) is 2.32. The van der Waals surface area contributed by atoms with Gasteiger partial charge in [0.1, 0.15) is 5.76 Å². The van der Waals surface area contributed by atoms with Crippen LogP contribution in [0.25, 0.3) is 0 Å². The van der Waals surface area contributed by atoms with Crippen LogP contribution in [-0.2, 0) is 11.3 Å². The number of hydrogen-bond acceptors (Lipinski definition) is 4. The van der Waals surface area contributed by atoms with E-state index in [2.05, 4.69) is 17.2 Å². The van der Waals surface area contributed by atoms with Gasteiger partial charge in [0.05, 0.1) is 18.8 Å². The zero-order valence-corrected chi connectivity index (χ0v) is 10.5. The smallest absolute Gasteiger partial charge is 0.208 e. The number of ether oxygens (including phenoxy) is 1. The van der Waals surface area contributed by atoms with Crippen LogP contribution in [0, 0.1) is 13.8 Å². The summed E-state index contributed by atoms with van der Waals surface area (Å²) in [5, 5.41) is 3.24. The Kier molecular flexibility index (Phi) is 6.11. The Balaban J connectivity index is 2.03. The lowest BCUT2D eigenvalue weighted by Gasteiger charge is -2.03. The molecule has 16 heavy (non-hydrogen) atoms. The van der Waals surface area contributed by atoms with E-state index in [1.807, 2.05) is 13.8 Å². The molecule has 1 aromatic heterocycles. The fraction of sp³-hybridized carbons (Fsp3) is 0.750. The number of hydrogen-bond donors (Lipinski definition) is 1. The van der Waals surface area contributed by atoms with Crippen molar-refractivity contribution >= 4 is 0 Å². The first-order valence-electron chi connectivity index (χ1n) is 5.95. The molecule has 1 rings (SSSR count). The molecule has 0 unspecified atom stereocenters. The number of nitrogens with one attached hydrogen (secondary N) is 1. The number of nitrogens with zero attached hydrogens (tertiary/aromatic N) is 1. The normalized spacial score (nSPS) is 10.9. The number of aryl methyl sites for hydroxylation is 2. The van der Waals surface area contributed by atoms with Gasteiger partial charge in [-0.05, 0) is 20.3 Å². The van der Waals surface area contributed by atoms with Crippen molar-refractivity contribution < 1.29 is 9.15 Å². The second-order valence-electron chi connectivity index (χ2n) is 3.89. The number of aromatic nitrogens is 1. The van der Waals surface area contributed by atoms with Crippen LogP contribution >= 0.6 is 0 Å². The fourth-order valence-corrected chi connectivity index (χ4v) is 1.30. The second-order valence-corrected chi connectivity index (χ2v) is 3.89. The summed E-state index contributed by atoms with van der Waals surface area (Å²) >= 11 is 0. The van der Waals surface area contributed by atoms with E-state index in [9.17, 15) is 0 Å². The predicted octanol–water partition coefficient (Wildman–Crippen LogP) is 2.20. The van der Waals surface area contributed by atoms with Crippen LogP contribution in [0.5, 0.6) is 0 Å². The third-order valence-corrected chi connectivity index (χ3v) is 2.41. The van der Waals surface area contributed by atoms with E-state index in [1.54, 1.807) is 0 Å². The Morgan fingerprint density at radius 3 is 2.75 bits per heavy atom. The van der Waals surface area contributed by atoms with Crippen LogP contribution in [-0.4, -0.2) is 24.7 Å². The maximum absolute atomic E-state index is 5.44. The second kappa shape index (κ2) is 7.41. The van der Waals surface area contributed by atoms with Crippen molar-refractivity contribution in [3.8, 4) is 0 Å². The average Bonchev–Trinajstić information content (AvgIpc) is 2.57. The van der Waals surface area contributed by atoms with Gasteiger partial charge in [0.2, 0.25) is 5.89 Å². The minimum absolute atomic E-state index is 0.672. The first-order valence-corrected chi connectivity index (χ1v) is 5.95. The summed E-state index contributed by atoms with van der Waals surface area (Å²) in [5.74, 6) is 1.65. The topological polar surface area (TPSA) is 47.3 Å². The van der Waals surface area contributed by atoms with Gasteiger partial charge in [0.15, 0.2) is 0 Å². The van der Waals surface area contributed by atoms with Gasteiger partial charge in [0.25, 0.3) is 0 Å². The van der Waals surface area contributed by atoms with Crippen LogP contribution in [0.2, 0.25) is 0 Å². The van der Waals surface area contributed by atoms with E-state index in [4.69, 9.17) is 9.15 Å². The van der Waals surface area contributed by atoms with Gasteiger partial charge in [-0.2, -0.15) is 0 Å². The zero-order chi connectivity index (χ0) is 11.8. The van der Waals surface area contributed by atoms with Gasteiger partial charge < -0.3 is 14.5 Å². The maximum atomic E-state index is 5.44. The molecule has 0 fully saturated rings. The van der Waals surface area contributed by atoms with Crippen molar-refractivity contribution in [3.05, 3.63) is 17.3 Å². The lowest BCUT2D eigenvalue weighted by Crippen LogP contribution is -2.19. The predicted molar refractivity (Wildman–Crippen MR) is 63.4 cm³/mol. The van der Waals surface area contributed by atoms with Crippen LogP contribution in [0.15, 0.2) is 4.42 Å². The lowest BCUT2D eigenvalue weighted by atomic mass is 10.4. The first kappa shape index (κ1) is 13.2. The van der Waals surface area contributed by atoms with Crippen LogP contribution in [0.4, 0.5) is 0 Å². The minimum atomic E-state index is 0.672. The molecule has 0 saturated heterocycles. The van der Waals surface area contributed by atoms with Gasteiger partial charge in [0, 0.05) is 13.2 Å². The largest absolute Gasteiger partial charge is 0.444 e. The molecule has 0 spiro atoms. The molecule has 0 aliphatic carbocycles. The van der Waals surface area contributed by atoms with Gasteiger partial charge >= 0.3 is 0 Å². The minimum Gasteiger partial charge on any atom is -0.444 e. The first-order chi connectivity index (χ1) is 7.74. The van der Waals surface area contributed by atoms with Crippen LogP contribution in [0.1, 0.15) is 37.1 Å². The molecule has 0 bridgehead atoms. The van der Waals surface area contributed by atoms with E-state index in [0.717, 1.165) is 43.5 Å². The fourth-order valence-electron chi connectivity index (χ4n) is 1.30. The highest BCUT2D eigenvalue weighted by atomic mass is 16.5. The Bertz CT molecular complexity index is 278. The standard InChI is InChI=1S/C12H22N2O2/c1-4-5-7-15-8-6-13-9-12-14-10(2)11(3)16-12/h13H,4-9H2,1-3H3. The Hall–Kier alpha value is -0.870. The molecule has 0 radical (unpaired) electrons. The highest BCUT2D eigenvalue weighted by molar-refractivity contribution is 5.04. The van der Waals surface area contributed by atoms with Crippen molar-refractivity contribution in [2.24, 2.45) is 0 Å². The molecule has 92 valence electrons. The van der Waals surface area contributed by atoms with Crippen molar-refractivity contribution in [2.45, 2.75) is 40.2 Å². The van der Waals surface area contributed by atoms with Gasteiger partial charge in [-0.3, -0.25) is 0 Å². The van der Waals surface area contributed by atoms with Crippen LogP contribution < -0.4 is 5.32 Å². The third-order valence-electron chi connectivity index (χ3n) is 2.41. The molecule has 0 aromatic carbocycles. The summed E-state index contributed by atoms with van der Waals surface area (Å²) in [6, 6.07) is 0. The SMILES string of the molecule is CCCCOCCNCc1nc(C)c(C)o1. The number of rotatable bonds is 8. The molecule has 0 saturated carbocycles. The lowest BCUT2D eigenvalue weighted by molar-refractivity contribution is 0.132. The van der Waals surface area contributed by atoms with Crippen LogP contribution in [0.3, 0.4) is 0 Å². The van der Waals surface area contributed by atoms with E-state index in [0.29, 0.717) is 6.54 Å². The highest BCUT2D eigenvalue weighted by Crippen LogP contribution is 2.07. The molecular formula is C12H22N2O2. The highest BCUT2D eigenvalue weighted by Gasteiger charge is 2.03. The number of unbranched alkanes of at least 4 members (excludes halogenated alkanes) is 1. The summed E-state index contributed by atoms with van der Waals surface area (Å²) < 4.78 is 10.9. The summed E-state index contributed by atoms with van der Waals surface area (Å²) in [5.41, 5.74) is 0.969. The van der Waals surface area contributed by atoms with Crippen molar-refractivity contribution in [3.63, 3.8) is 0 Å². The molecule has 4 nitrogen and oxygen atoms in total. The molecule has 4 heteroatoms. The molecule has 1 N–H and O–H groups in total. The molecule has 0 atom stereocenters. The Morgan fingerprint density at radius 1 is 1.31 bits per heavy atom. The third kappa shape index (κ3) is 4.77. The molecule has 0 amide bonds. The van der Waals surface area contributed by atoms with Gasteiger partial charge in [-0.1, -0.05) is 13.3 Å². The molecule has 1 heterocycles. The maximum Gasteiger partial charge on any atom is 0.208 e. The molecule has 0 aliphatic rings. The summed E-state index contributed by atoms with van der Waals surface area (Å²) in [6.45, 7) is 9.16. The van der Waals surface area contributed by atoms with Crippen molar-refractivity contribution in [2.75, 3.05) is 19.8 Å². The summed E-state index contributed by atoms with van der Waals surface area (Å²) in [4.78, 5) is 4.29. The molecule has 0 aliphatic heterocycles. The molecule has 1 aromatic rings. The average molecular weight is 226 g/mol. The van der Waals surface area contributed by atoms with E-state index in [-0.39, 0.29) is 0 Å². The Labute approximate surface area is 97.4 Å². The van der Waals surface area contributed by atoms with Gasteiger partial charge in [-0.25, -0.2) is 4.98 Å². The quantitative estimate of drug-likeness (QED) is 0.690. The summed E-state index contributed by atoms with van der Waals surface area (Å²) in [7, 11) is 0. The monoisotopic (exact) mass is 226 g/mol. The zero-order valence-electron chi connectivity index (χ0n) is 10.5. The van der Waals surface area contributed by atoms with Crippen molar-refractivity contribution in [1.82, 2.24) is 10.3 Å². The Morgan fingerprint density at radius 2 is 2.12 bits per heavy atom.